The van der Waals surface area contributed by atoms with E-state index in [0.29, 0.717) is 12.1 Å². The average Bonchev–Trinajstić information content (AvgIpc) is 2.98. The summed E-state index contributed by atoms with van der Waals surface area (Å²) in [6, 6.07) is 6.92. The van der Waals surface area contributed by atoms with Crippen molar-refractivity contribution < 1.29 is 19.8 Å². The molecule has 22 heavy (non-hydrogen) atoms. The Balaban J connectivity index is 1.95. The number of aromatic nitrogens is 2. The van der Waals surface area contributed by atoms with Crippen molar-refractivity contribution in [2.24, 2.45) is 0 Å². The van der Waals surface area contributed by atoms with Gasteiger partial charge in [0.1, 0.15) is 0 Å². The molecule has 2 rings (SSSR count). The minimum absolute atomic E-state index is 0.363. The number of rotatable bonds is 6. The minimum atomic E-state index is -1.99. The number of hydrogen-bond donors (Lipinski definition) is 3. The highest BCUT2D eigenvalue weighted by molar-refractivity contribution is 5.94. The number of nitrogens with one attached hydrogen (secondary N) is 1. The van der Waals surface area contributed by atoms with Crippen LogP contribution >= 0.6 is 0 Å². The Morgan fingerprint density at radius 1 is 1.32 bits per heavy atom. The summed E-state index contributed by atoms with van der Waals surface area (Å²) in [4.78, 5) is 26.6. The van der Waals surface area contributed by atoms with Crippen LogP contribution in [0.4, 0.5) is 0 Å². The van der Waals surface area contributed by atoms with Gasteiger partial charge in [-0.25, -0.2) is 9.78 Å². The number of carbonyl (C=O) groups excluding carboxylic acids is 1. The summed E-state index contributed by atoms with van der Waals surface area (Å²) in [6.07, 6.45) is 5.24. The van der Waals surface area contributed by atoms with Crippen LogP contribution in [0.3, 0.4) is 0 Å². The molecular weight excluding hydrogens is 286 g/mol. The molecule has 7 nitrogen and oxygen atoms in total. The van der Waals surface area contributed by atoms with E-state index in [-0.39, 0.29) is 6.54 Å². The number of carboxylic acids is 1. The van der Waals surface area contributed by atoms with Gasteiger partial charge in [-0.05, 0) is 24.6 Å². The van der Waals surface area contributed by atoms with E-state index in [4.69, 9.17) is 5.11 Å². The van der Waals surface area contributed by atoms with Crippen LogP contribution in [0.5, 0.6) is 0 Å². The first kappa shape index (κ1) is 15.7. The lowest BCUT2D eigenvalue weighted by atomic mass is 10.1. The summed E-state index contributed by atoms with van der Waals surface area (Å²) in [5, 5.41) is 20.7. The summed E-state index contributed by atoms with van der Waals surface area (Å²) in [6.45, 7) is 1.41. The van der Waals surface area contributed by atoms with Gasteiger partial charge in [0.25, 0.3) is 5.91 Å². The Morgan fingerprint density at radius 2 is 2.00 bits per heavy atom. The van der Waals surface area contributed by atoms with Gasteiger partial charge < -0.3 is 20.1 Å². The van der Waals surface area contributed by atoms with Crippen LogP contribution < -0.4 is 5.32 Å². The van der Waals surface area contributed by atoms with Crippen LogP contribution in [0.15, 0.2) is 43.0 Å². The molecule has 0 aliphatic carbocycles. The van der Waals surface area contributed by atoms with Crippen LogP contribution in [0.2, 0.25) is 0 Å². The van der Waals surface area contributed by atoms with Gasteiger partial charge in [-0.3, -0.25) is 4.79 Å². The van der Waals surface area contributed by atoms with Crippen molar-refractivity contribution in [2.45, 2.75) is 19.1 Å². The molecule has 0 saturated heterocycles. The normalized spacial score (nSPS) is 13.4. The molecule has 7 heteroatoms. The van der Waals surface area contributed by atoms with Crippen molar-refractivity contribution in [3.8, 4) is 0 Å². The molecule has 1 amide bonds. The highest BCUT2D eigenvalue weighted by atomic mass is 16.4. The molecule has 0 radical (unpaired) electrons. The van der Waals surface area contributed by atoms with Gasteiger partial charge in [-0.15, -0.1) is 0 Å². The third-order valence-corrected chi connectivity index (χ3v) is 3.19. The standard InChI is InChI=1S/C15H17N3O4/c1-15(22,14(20)21)9-17-13(19)12-4-2-11(3-5-12)8-18-7-6-16-10-18/h2-7,10,22H,8-9H2,1H3,(H,17,19)(H,20,21). The Labute approximate surface area is 127 Å². The zero-order valence-corrected chi connectivity index (χ0v) is 12.1. The van der Waals surface area contributed by atoms with Gasteiger partial charge in [-0.2, -0.15) is 0 Å². The highest BCUT2D eigenvalue weighted by Crippen LogP contribution is 2.07. The van der Waals surface area contributed by atoms with Crippen molar-refractivity contribution in [3.05, 3.63) is 54.1 Å². The van der Waals surface area contributed by atoms with E-state index >= 15 is 0 Å². The summed E-state index contributed by atoms with van der Waals surface area (Å²) >= 11 is 0. The van der Waals surface area contributed by atoms with E-state index in [1.807, 2.05) is 22.9 Å². The average molecular weight is 303 g/mol. The van der Waals surface area contributed by atoms with Crippen LogP contribution in [0, 0.1) is 0 Å². The van der Waals surface area contributed by atoms with E-state index in [0.717, 1.165) is 12.5 Å². The number of imidazole rings is 1. The van der Waals surface area contributed by atoms with E-state index in [2.05, 4.69) is 10.3 Å². The van der Waals surface area contributed by atoms with Gasteiger partial charge in [0, 0.05) is 24.5 Å². The van der Waals surface area contributed by atoms with Crippen LogP contribution in [0.1, 0.15) is 22.8 Å². The molecule has 2 aromatic rings. The van der Waals surface area contributed by atoms with E-state index in [1.54, 1.807) is 24.7 Å². The maximum atomic E-state index is 11.9. The van der Waals surface area contributed by atoms with Crippen molar-refractivity contribution in [3.63, 3.8) is 0 Å². The molecular formula is C15H17N3O4. The number of carboxylic acid groups (broad SMARTS) is 1. The highest BCUT2D eigenvalue weighted by Gasteiger charge is 2.30. The van der Waals surface area contributed by atoms with Gasteiger partial charge in [0.2, 0.25) is 0 Å². The third kappa shape index (κ3) is 3.92. The summed E-state index contributed by atoms with van der Waals surface area (Å²) in [5.41, 5.74) is -0.584. The van der Waals surface area contributed by atoms with E-state index in [9.17, 15) is 14.7 Å². The second-order valence-corrected chi connectivity index (χ2v) is 5.19. The molecule has 0 spiro atoms. The summed E-state index contributed by atoms with van der Waals surface area (Å²) in [5.74, 6) is -1.82. The zero-order chi connectivity index (χ0) is 16.2. The molecule has 116 valence electrons. The number of nitrogens with zero attached hydrogens (tertiary/aromatic N) is 2. The fourth-order valence-electron chi connectivity index (χ4n) is 1.78. The van der Waals surface area contributed by atoms with Gasteiger partial charge in [0.15, 0.2) is 5.60 Å². The number of benzene rings is 1. The lowest BCUT2D eigenvalue weighted by molar-refractivity contribution is -0.155. The SMILES string of the molecule is CC(O)(CNC(=O)c1ccc(Cn2ccnc2)cc1)C(=O)O. The van der Waals surface area contributed by atoms with Gasteiger partial charge >= 0.3 is 5.97 Å². The molecule has 1 unspecified atom stereocenters. The second kappa shape index (κ2) is 6.40. The molecule has 1 aromatic heterocycles. The monoisotopic (exact) mass is 303 g/mol. The maximum absolute atomic E-state index is 11.9. The molecule has 0 saturated carbocycles. The van der Waals surface area contributed by atoms with Crippen molar-refractivity contribution in [1.82, 2.24) is 14.9 Å². The third-order valence-electron chi connectivity index (χ3n) is 3.19. The zero-order valence-electron chi connectivity index (χ0n) is 12.1. The second-order valence-electron chi connectivity index (χ2n) is 5.19. The molecule has 1 atom stereocenters. The van der Waals surface area contributed by atoms with Gasteiger partial charge in [0.05, 0.1) is 12.9 Å². The molecule has 1 aromatic carbocycles. The van der Waals surface area contributed by atoms with Crippen molar-refractivity contribution in [1.29, 1.82) is 0 Å². The number of aliphatic carboxylic acids is 1. The lowest BCUT2D eigenvalue weighted by Gasteiger charge is -2.18. The predicted octanol–water partition coefficient (Wildman–Crippen LogP) is 0.497. The van der Waals surface area contributed by atoms with E-state index < -0.39 is 17.5 Å². The summed E-state index contributed by atoms with van der Waals surface area (Å²) in [7, 11) is 0. The van der Waals surface area contributed by atoms with Crippen LogP contribution in [0.25, 0.3) is 0 Å². The lowest BCUT2D eigenvalue weighted by Crippen LogP contribution is -2.46. The smallest absolute Gasteiger partial charge is 0.337 e. The van der Waals surface area contributed by atoms with Crippen LogP contribution in [-0.4, -0.2) is 43.8 Å². The quantitative estimate of drug-likeness (QED) is 0.720. The molecule has 0 aliphatic heterocycles. The number of carbonyl (C=O) groups is 2. The predicted molar refractivity (Wildman–Crippen MR) is 78.4 cm³/mol. The first-order valence-corrected chi connectivity index (χ1v) is 6.67. The Kier molecular flexibility index (Phi) is 4.57. The largest absolute Gasteiger partial charge is 0.479 e. The Morgan fingerprint density at radius 3 is 2.55 bits per heavy atom. The molecule has 0 bridgehead atoms. The summed E-state index contributed by atoms with van der Waals surface area (Å²) < 4.78 is 1.90. The topological polar surface area (TPSA) is 104 Å². The number of hydrogen-bond acceptors (Lipinski definition) is 4. The molecule has 3 N–H and O–H groups in total. The number of aliphatic hydroxyl groups is 1. The molecule has 1 heterocycles. The van der Waals surface area contributed by atoms with Crippen molar-refractivity contribution >= 4 is 11.9 Å². The van der Waals surface area contributed by atoms with Crippen molar-refractivity contribution in [2.75, 3.05) is 6.54 Å². The maximum Gasteiger partial charge on any atom is 0.337 e. The first-order chi connectivity index (χ1) is 10.4. The fourth-order valence-corrected chi connectivity index (χ4v) is 1.78. The molecule has 0 aliphatic rings. The molecule has 0 fully saturated rings. The van der Waals surface area contributed by atoms with Gasteiger partial charge in [-0.1, -0.05) is 12.1 Å². The van der Waals surface area contributed by atoms with E-state index in [1.165, 1.54) is 0 Å². The number of amides is 1. The fraction of sp³-hybridized carbons (Fsp3) is 0.267. The Hall–Kier alpha value is -2.67. The Bertz CT molecular complexity index is 648. The van der Waals surface area contributed by atoms with Crippen LogP contribution in [-0.2, 0) is 11.3 Å². The minimum Gasteiger partial charge on any atom is -0.479 e. The first-order valence-electron chi connectivity index (χ1n) is 6.67.